The summed E-state index contributed by atoms with van der Waals surface area (Å²) in [4.78, 5) is 20.0. The van der Waals surface area contributed by atoms with Crippen molar-refractivity contribution in [1.29, 1.82) is 0 Å². The summed E-state index contributed by atoms with van der Waals surface area (Å²) in [5.74, 6) is -0.590. The molecule has 0 unspecified atom stereocenters. The van der Waals surface area contributed by atoms with Crippen LogP contribution in [0, 0.1) is 20.8 Å². The lowest BCUT2D eigenvalue weighted by atomic mass is 10.1. The number of hydrogen-bond acceptors (Lipinski definition) is 4. The van der Waals surface area contributed by atoms with Crippen molar-refractivity contribution < 1.29 is 9.90 Å². The molecule has 0 aliphatic rings. The van der Waals surface area contributed by atoms with Gasteiger partial charge in [-0.3, -0.25) is 4.98 Å². The van der Waals surface area contributed by atoms with E-state index in [4.69, 9.17) is 0 Å². The number of hydrogen-bond donors (Lipinski definition) is 2. The van der Waals surface area contributed by atoms with Crippen molar-refractivity contribution in [3.63, 3.8) is 0 Å². The SMILES string of the molecule is Cc1cccc(CNc2nc(C)cc(C)c2C(=O)O)n1. The van der Waals surface area contributed by atoms with Crippen LogP contribution in [0.2, 0.25) is 0 Å². The van der Waals surface area contributed by atoms with Gasteiger partial charge in [0, 0.05) is 11.4 Å². The van der Waals surface area contributed by atoms with Gasteiger partial charge < -0.3 is 10.4 Å². The van der Waals surface area contributed by atoms with Crippen LogP contribution in [0.25, 0.3) is 0 Å². The summed E-state index contributed by atoms with van der Waals surface area (Å²) in [6.45, 7) is 5.97. The lowest BCUT2D eigenvalue weighted by molar-refractivity contribution is 0.0697. The lowest BCUT2D eigenvalue weighted by Crippen LogP contribution is -2.11. The normalized spacial score (nSPS) is 10.3. The Labute approximate surface area is 117 Å². The third-order valence-electron chi connectivity index (χ3n) is 2.94. The highest BCUT2D eigenvalue weighted by molar-refractivity contribution is 5.94. The van der Waals surface area contributed by atoms with E-state index in [0.29, 0.717) is 17.9 Å². The Balaban J connectivity index is 2.27. The van der Waals surface area contributed by atoms with Crippen LogP contribution in [0.3, 0.4) is 0 Å². The minimum absolute atomic E-state index is 0.211. The quantitative estimate of drug-likeness (QED) is 0.894. The van der Waals surface area contributed by atoms with Crippen LogP contribution < -0.4 is 5.32 Å². The average molecular weight is 271 g/mol. The van der Waals surface area contributed by atoms with E-state index >= 15 is 0 Å². The number of aryl methyl sites for hydroxylation is 3. The summed E-state index contributed by atoms with van der Waals surface area (Å²) in [5, 5.41) is 12.3. The van der Waals surface area contributed by atoms with Crippen LogP contribution in [0.15, 0.2) is 24.3 Å². The first-order chi connectivity index (χ1) is 9.47. The van der Waals surface area contributed by atoms with Gasteiger partial charge >= 0.3 is 5.97 Å². The topological polar surface area (TPSA) is 75.1 Å². The van der Waals surface area contributed by atoms with E-state index in [1.807, 2.05) is 32.0 Å². The van der Waals surface area contributed by atoms with Gasteiger partial charge in [-0.15, -0.1) is 0 Å². The summed E-state index contributed by atoms with van der Waals surface area (Å²) >= 11 is 0. The standard InChI is InChI=1S/C15H17N3O2/c1-9-7-11(3)18-14(13(9)15(19)20)16-8-12-6-4-5-10(2)17-12/h4-7H,8H2,1-3H3,(H,16,18)(H,19,20). The summed E-state index contributed by atoms with van der Waals surface area (Å²) in [6.07, 6.45) is 0. The molecule has 0 saturated carbocycles. The number of carboxylic acid groups (broad SMARTS) is 1. The zero-order valence-corrected chi connectivity index (χ0v) is 11.8. The van der Waals surface area contributed by atoms with Gasteiger partial charge in [0.15, 0.2) is 0 Å². The maximum absolute atomic E-state index is 11.3. The molecule has 0 radical (unpaired) electrons. The van der Waals surface area contributed by atoms with Gasteiger partial charge in [0.05, 0.1) is 12.2 Å². The van der Waals surface area contributed by atoms with E-state index in [9.17, 15) is 9.90 Å². The fourth-order valence-corrected chi connectivity index (χ4v) is 2.11. The molecule has 0 fully saturated rings. The first kappa shape index (κ1) is 14.0. The maximum Gasteiger partial charge on any atom is 0.339 e. The van der Waals surface area contributed by atoms with E-state index in [1.54, 1.807) is 13.0 Å². The van der Waals surface area contributed by atoms with Crippen molar-refractivity contribution in [3.05, 3.63) is 52.5 Å². The summed E-state index contributed by atoms with van der Waals surface area (Å²) < 4.78 is 0. The molecule has 2 heterocycles. The van der Waals surface area contributed by atoms with Gasteiger partial charge in [-0.25, -0.2) is 9.78 Å². The molecule has 20 heavy (non-hydrogen) atoms. The van der Waals surface area contributed by atoms with E-state index in [0.717, 1.165) is 17.1 Å². The maximum atomic E-state index is 11.3. The summed E-state index contributed by atoms with van der Waals surface area (Å²) in [7, 11) is 0. The monoisotopic (exact) mass is 271 g/mol. The number of aromatic nitrogens is 2. The Morgan fingerprint density at radius 1 is 1.20 bits per heavy atom. The Morgan fingerprint density at radius 2 is 1.95 bits per heavy atom. The molecule has 0 amide bonds. The molecular formula is C15H17N3O2. The Hall–Kier alpha value is -2.43. The third kappa shape index (κ3) is 3.12. The second kappa shape index (κ2) is 5.69. The Bertz CT molecular complexity index is 654. The molecule has 104 valence electrons. The smallest absolute Gasteiger partial charge is 0.339 e. The van der Waals surface area contributed by atoms with Crippen molar-refractivity contribution >= 4 is 11.8 Å². The largest absolute Gasteiger partial charge is 0.478 e. The number of nitrogens with one attached hydrogen (secondary N) is 1. The van der Waals surface area contributed by atoms with Crippen molar-refractivity contribution in [1.82, 2.24) is 9.97 Å². The van der Waals surface area contributed by atoms with Crippen LogP contribution in [-0.2, 0) is 6.54 Å². The molecule has 0 aromatic carbocycles. The second-order valence-electron chi connectivity index (χ2n) is 4.73. The minimum atomic E-state index is -0.977. The van der Waals surface area contributed by atoms with Crippen LogP contribution in [0.5, 0.6) is 0 Å². The van der Waals surface area contributed by atoms with Crippen LogP contribution in [-0.4, -0.2) is 21.0 Å². The van der Waals surface area contributed by atoms with Gasteiger partial charge in [0.2, 0.25) is 0 Å². The zero-order chi connectivity index (χ0) is 14.7. The number of aromatic carboxylic acids is 1. The van der Waals surface area contributed by atoms with Gasteiger partial charge in [-0.2, -0.15) is 0 Å². The molecule has 0 aliphatic heterocycles. The van der Waals surface area contributed by atoms with Crippen molar-refractivity contribution in [3.8, 4) is 0 Å². The molecule has 2 aromatic heterocycles. The molecule has 2 rings (SSSR count). The predicted molar refractivity (Wildman–Crippen MR) is 77.0 cm³/mol. The van der Waals surface area contributed by atoms with Gasteiger partial charge in [-0.05, 0) is 44.5 Å². The molecule has 0 spiro atoms. The minimum Gasteiger partial charge on any atom is -0.478 e. The van der Waals surface area contributed by atoms with Crippen molar-refractivity contribution in [2.24, 2.45) is 0 Å². The van der Waals surface area contributed by atoms with Crippen molar-refractivity contribution in [2.75, 3.05) is 5.32 Å². The highest BCUT2D eigenvalue weighted by Gasteiger charge is 2.15. The highest BCUT2D eigenvalue weighted by Crippen LogP contribution is 2.19. The van der Waals surface area contributed by atoms with Gasteiger partial charge in [0.1, 0.15) is 11.4 Å². The average Bonchev–Trinajstić information content (AvgIpc) is 2.35. The molecule has 0 bridgehead atoms. The molecule has 5 heteroatoms. The molecule has 0 saturated heterocycles. The lowest BCUT2D eigenvalue weighted by Gasteiger charge is -2.11. The van der Waals surface area contributed by atoms with E-state index in [-0.39, 0.29) is 5.56 Å². The van der Waals surface area contributed by atoms with E-state index in [2.05, 4.69) is 15.3 Å². The zero-order valence-electron chi connectivity index (χ0n) is 11.8. The molecule has 0 atom stereocenters. The van der Waals surface area contributed by atoms with Gasteiger partial charge in [-0.1, -0.05) is 6.07 Å². The van der Waals surface area contributed by atoms with Crippen molar-refractivity contribution in [2.45, 2.75) is 27.3 Å². The first-order valence-corrected chi connectivity index (χ1v) is 6.35. The van der Waals surface area contributed by atoms with Crippen LogP contribution in [0.1, 0.15) is 33.0 Å². The summed E-state index contributed by atoms with van der Waals surface area (Å²) in [5.41, 5.74) is 3.47. The fraction of sp³-hybridized carbons (Fsp3) is 0.267. The molecule has 2 N–H and O–H groups in total. The first-order valence-electron chi connectivity index (χ1n) is 6.35. The summed E-state index contributed by atoms with van der Waals surface area (Å²) in [6, 6.07) is 7.50. The van der Waals surface area contributed by atoms with E-state index < -0.39 is 5.97 Å². The van der Waals surface area contributed by atoms with Crippen LogP contribution in [0.4, 0.5) is 5.82 Å². The molecular weight excluding hydrogens is 254 g/mol. The highest BCUT2D eigenvalue weighted by atomic mass is 16.4. The number of rotatable bonds is 4. The number of anilines is 1. The van der Waals surface area contributed by atoms with Crippen LogP contribution >= 0.6 is 0 Å². The third-order valence-corrected chi connectivity index (χ3v) is 2.94. The second-order valence-corrected chi connectivity index (χ2v) is 4.73. The Morgan fingerprint density at radius 3 is 2.60 bits per heavy atom. The predicted octanol–water partition coefficient (Wildman–Crippen LogP) is 2.71. The van der Waals surface area contributed by atoms with Gasteiger partial charge in [0.25, 0.3) is 0 Å². The number of carboxylic acids is 1. The number of carbonyl (C=O) groups is 1. The number of pyridine rings is 2. The fourth-order valence-electron chi connectivity index (χ4n) is 2.11. The number of nitrogens with zero attached hydrogens (tertiary/aromatic N) is 2. The molecule has 5 nitrogen and oxygen atoms in total. The molecule has 0 aliphatic carbocycles. The molecule has 2 aromatic rings. The van der Waals surface area contributed by atoms with E-state index in [1.165, 1.54) is 0 Å². The Kier molecular flexibility index (Phi) is 3.98.